The molecule has 1 saturated carbocycles. The van der Waals surface area contributed by atoms with Gasteiger partial charge in [-0.15, -0.1) is 0 Å². The SMILES string of the molecule is C[C@@H]1[C@@H](C)CCC[C@H]1[NH2+][C@@H](C)C(=O)Nc1ccc(F)c(F)c1F. The van der Waals surface area contributed by atoms with E-state index >= 15 is 0 Å². The van der Waals surface area contributed by atoms with Gasteiger partial charge in [-0.25, -0.2) is 13.2 Å². The first-order valence-corrected chi connectivity index (χ1v) is 8.10. The minimum atomic E-state index is -1.57. The average molecular weight is 329 g/mol. The Hall–Kier alpha value is -1.56. The summed E-state index contributed by atoms with van der Waals surface area (Å²) in [6.07, 6.45) is 3.38. The Morgan fingerprint density at radius 2 is 1.91 bits per heavy atom. The third kappa shape index (κ3) is 4.05. The smallest absolute Gasteiger partial charge is 0.282 e. The van der Waals surface area contributed by atoms with Gasteiger partial charge in [0.15, 0.2) is 23.5 Å². The molecule has 1 aromatic carbocycles. The molecule has 4 atom stereocenters. The number of carbonyl (C=O) groups is 1. The van der Waals surface area contributed by atoms with E-state index in [0.717, 1.165) is 25.0 Å². The Morgan fingerprint density at radius 3 is 2.61 bits per heavy atom. The first kappa shape index (κ1) is 17.8. The maximum Gasteiger partial charge on any atom is 0.282 e. The van der Waals surface area contributed by atoms with E-state index in [9.17, 15) is 18.0 Å². The fraction of sp³-hybridized carbons (Fsp3) is 0.588. The molecule has 23 heavy (non-hydrogen) atoms. The molecule has 3 nitrogen and oxygen atoms in total. The molecule has 1 aromatic rings. The predicted molar refractivity (Wildman–Crippen MR) is 82.3 cm³/mol. The first-order chi connectivity index (χ1) is 10.8. The van der Waals surface area contributed by atoms with Gasteiger partial charge in [0, 0.05) is 5.92 Å². The Morgan fingerprint density at radius 1 is 1.22 bits per heavy atom. The van der Waals surface area contributed by atoms with Gasteiger partial charge in [0.1, 0.15) is 0 Å². The Labute approximate surface area is 134 Å². The molecule has 1 fully saturated rings. The molecule has 0 spiro atoms. The summed E-state index contributed by atoms with van der Waals surface area (Å²) in [5.41, 5.74) is -0.334. The summed E-state index contributed by atoms with van der Waals surface area (Å²) < 4.78 is 39.7. The van der Waals surface area contributed by atoms with E-state index in [4.69, 9.17) is 0 Å². The Kier molecular flexibility index (Phi) is 5.68. The van der Waals surface area contributed by atoms with Gasteiger partial charge in [-0.1, -0.05) is 13.8 Å². The molecule has 0 radical (unpaired) electrons. The van der Waals surface area contributed by atoms with Gasteiger partial charge in [-0.2, -0.15) is 0 Å². The highest BCUT2D eigenvalue weighted by atomic mass is 19.2. The van der Waals surface area contributed by atoms with Crippen LogP contribution in [-0.2, 0) is 4.79 Å². The normalized spacial score (nSPS) is 25.9. The van der Waals surface area contributed by atoms with Crippen LogP contribution in [0.3, 0.4) is 0 Å². The highest BCUT2D eigenvalue weighted by Gasteiger charge is 2.32. The maximum absolute atomic E-state index is 13.6. The van der Waals surface area contributed by atoms with Crippen molar-refractivity contribution in [2.45, 2.75) is 52.1 Å². The van der Waals surface area contributed by atoms with E-state index in [1.165, 1.54) is 6.42 Å². The minimum absolute atomic E-state index is 0.334. The molecule has 0 unspecified atom stereocenters. The number of quaternary nitrogens is 1. The van der Waals surface area contributed by atoms with E-state index in [0.29, 0.717) is 17.9 Å². The molecular formula is C17H24F3N2O+. The summed E-state index contributed by atoms with van der Waals surface area (Å²) in [6, 6.07) is 1.74. The molecule has 3 N–H and O–H groups in total. The van der Waals surface area contributed by atoms with Crippen molar-refractivity contribution in [1.29, 1.82) is 0 Å². The summed E-state index contributed by atoms with van der Waals surface area (Å²) in [7, 11) is 0. The number of hydrogen-bond donors (Lipinski definition) is 2. The summed E-state index contributed by atoms with van der Waals surface area (Å²) in [5.74, 6) is -3.52. The quantitative estimate of drug-likeness (QED) is 0.820. The standard InChI is InChI=1S/C17H23F3N2O/c1-9-5-4-6-13(10(9)2)21-11(3)17(23)22-14-8-7-12(18)15(19)16(14)20/h7-11,13,21H,4-6H2,1-3H3,(H,22,23)/p+1/t9-,10+,11-,13+/m0/s1. The number of nitrogens with two attached hydrogens (primary N) is 1. The van der Waals surface area contributed by atoms with Crippen molar-refractivity contribution in [2.24, 2.45) is 11.8 Å². The van der Waals surface area contributed by atoms with Crippen LogP contribution in [0, 0.1) is 29.3 Å². The van der Waals surface area contributed by atoms with Gasteiger partial charge in [-0.3, -0.25) is 4.79 Å². The van der Waals surface area contributed by atoms with Crippen molar-refractivity contribution >= 4 is 11.6 Å². The fourth-order valence-electron chi connectivity index (χ4n) is 3.22. The topological polar surface area (TPSA) is 45.7 Å². The van der Waals surface area contributed by atoms with Crippen LogP contribution < -0.4 is 10.6 Å². The molecule has 0 aromatic heterocycles. The predicted octanol–water partition coefficient (Wildman–Crippen LogP) is 2.82. The number of nitrogens with one attached hydrogen (secondary N) is 1. The third-order valence-electron chi connectivity index (χ3n) is 5.01. The zero-order chi connectivity index (χ0) is 17.1. The number of halogens is 3. The zero-order valence-corrected chi connectivity index (χ0v) is 13.7. The second kappa shape index (κ2) is 7.34. The van der Waals surface area contributed by atoms with Gasteiger partial charge < -0.3 is 10.6 Å². The molecular weight excluding hydrogens is 305 g/mol. The summed E-state index contributed by atoms with van der Waals surface area (Å²) in [6.45, 7) is 6.13. The molecule has 1 aliphatic rings. The molecule has 1 amide bonds. The van der Waals surface area contributed by atoms with Crippen LogP contribution in [0.25, 0.3) is 0 Å². The summed E-state index contributed by atoms with van der Waals surface area (Å²) >= 11 is 0. The Balaban J connectivity index is 1.99. The zero-order valence-electron chi connectivity index (χ0n) is 13.7. The van der Waals surface area contributed by atoms with Crippen molar-refractivity contribution in [1.82, 2.24) is 0 Å². The van der Waals surface area contributed by atoms with Crippen LogP contribution in [0.5, 0.6) is 0 Å². The first-order valence-electron chi connectivity index (χ1n) is 8.10. The maximum atomic E-state index is 13.6. The molecule has 1 aliphatic carbocycles. The van der Waals surface area contributed by atoms with E-state index in [1.54, 1.807) is 6.92 Å². The van der Waals surface area contributed by atoms with Crippen molar-refractivity contribution in [3.8, 4) is 0 Å². The lowest BCUT2D eigenvalue weighted by molar-refractivity contribution is -0.715. The van der Waals surface area contributed by atoms with Crippen molar-refractivity contribution in [2.75, 3.05) is 5.32 Å². The van der Waals surface area contributed by atoms with Crippen LogP contribution in [0.1, 0.15) is 40.0 Å². The molecule has 128 valence electrons. The minimum Gasteiger partial charge on any atom is -0.334 e. The lowest BCUT2D eigenvalue weighted by Gasteiger charge is -2.33. The monoisotopic (exact) mass is 329 g/mol. The fourth-order valence-corrected chi connectivity index (χ4v) is 3.22. The van der Waals surface area contributed by atoms with Gasteiger partial charge >= 0.3 is 0 Å². The second-order valence-corrected chi connectivity index (χ2v) is 6.62. The molecule has 6 heteroatoms. The number of hydrogen-bond acceptors (Lipinski definition) is 1. The van der Waals surface area contributed by atoms with Crippen LogP contribution in [0.2, 0.25) is 0 Å². The van der Waals surface area contributed by atoms with Crippen molar-refractivity contribution < 1.29 is 23.3 Å². The van der Waals surface area contributed by atoms with Gasteiger partial charge in [-0.05, 0) is 44.2 Å². The van der Waals surface area contributed by atoms with Crippen LogP contribution in [0.15, 0.2) is 12.1 Å². The van der Waals surface area contributed by atoms with Gasteiger partial charge in [0.2, 0.25) is 0 Å². The van der Waals surface area contributed by atoms with Crippen molar-refractivity contribution in [3.05, 3.63) is 29.6 Å². The lowest BCUT2D eigenvalue weighted by atomic mass is 9.78. The lowest BCUT2D eigenvalue weighted by Crippen LogP contribution is -2.97. The van der Waals surface area contributed by atoms with Crippen LogP contribution >= 0.6 is 0 Å². The van der Waals surface area contributed by atoms with E-state index in [1.807, 2.05) is 5.32 Å². The molecule has 0 aliphatic heterocycles. The summed E-state index contributed by atoms with van der Waals surface area (Å²) in [5, 5.41) is 4.34. The average Bonchev–Trinajstić information content (AvgIpc) is 2.52. The summed E-state index contributed by atoms with van der Waals surface area (Å²) in [4.78, 5) is 12.2. The number of amides is 1. The van der Waals surface area contributed by atoms with Crippen LogP contribution in [-0.4, -0.2) is 18.0 Å². The van der Waals surface area contributed by atoms with Gasteiger partial charge in [0.25, 0.3) is 5.91 Å². The largest absolute Gasteiger partial charge is 0.334 e. The molecule has 0 heterocycles. The van der Waals surface area contributed by atoms with E-state index in [-0.39, 0.29) is 5.69 Å². The van der Waals surface area contributed by atoms with Crippen molar-refractivity contribution in [3.63, 3.8) is 0 Å². The van der Waals surface area contributed by atoms with E-state index < -0.39 is 29.4 Å². The third-order valence-corrected chi connectivity index (χ3v) is 5.01. The number of rotatable bonds is 4. The number of anilines is 1. The highest BCUT2D eigenvalue weighted by molar-refractivity contribution is 5.93. The highest BCUT2D eigenvalue weighted by Crippen LogP contribution is 2.27. The molecule has 2 rings (SSSR count). The Bertz CT molecular complexity index is 579. The van der Waals surface area contributed by atoms with Crippen LogP contribution in [0.4, 0.5) is 18.9 Å². The van der Waals surface area contributed by atoms with E-state index in [2.05, 4.69) is 19.2 Å². The molecule has 0 saturated heterocycles. The number of carbonyl (C=O) groups excluding carboxylic acids is 1. The molecule has 0 bridgehead atoms. The number of benzene rings is 1. The van der Waals surface area contributed by atoms with Gasteiger partial charge in [0.05, 0.1) is 11.7 Å². The second-order valence-electron chi connectivity index (χ2n) is 6.62.